The lowest BCUT2D eigenvalue weighted by molar-refractivity contribution is -0.143. The van der Waals surface area contributed by atoms with Gasteiger partial charge in [0, 0.05) is 29.7 Å². The summed E-state index contributed by atoms with van der Waals surface area (Å²) in [6.45, 7) is 8.11. The molecule has 1 aliphatic heterocycles. The van der Waals surface area contributed by atoms with Crippen LogP contribution in [-0.4, -0.2) is 17.9 Å². The van der Waals surface area contributed by atoms with Crippen LogP contribution in [0.15, 0.2) is 12.2 Å². The maximum absolute atomic E-state index is 12.0. The summed E-state index contributed by atoms with van der Waals surface area (Å²) in [7, 11) is 0. The van der Waals surface area contributed by atoms with E-state index in [9.17, 15) is 9.59 Å². The molecular weight excluding hydrogens is 228 g/mol. The highest BCUT2D eigenvalue weighted by Crippen LogP contribution is 2.51. The molecule has 0 aromatic rings. The molecule has 3 rings (SSSR count). The summed E-state index contributed by atoms with van der Waals surface area (Å²) in [5, 5.41) is 0. The summed E-state index contributed by atoms with van der Waals surface area (Å²) >= 11 is 0. The Hall–Kier alpha value is -1.12. The topological polar surface area (TPSA) is 43.4 Å². The molecule has 0 spiro atoms. The van der Waals surface area contributed by atoms with E-state index in [1.807, 2.05) is 6.92 Å². The number of ether oxygens (including phenoxy) is 1. The summed E-state index contributed by atoms with van der Waals surface area (Å²) in [5.74, 6) is 1.41. The van der Waals surface area contributed by atoms with Crippen LogP contribution in [0.5, 0.6) is 0 Å². The van der Waals surface area contributed by atoms with Gasteiger partial charge >= 0.3 is 5.97 Å². The summed E-state index contributed by atoms with van der Waals surface area (Å²) in [5.41, 5.74) is 0.624. The lowest BCUT2D eigenvalue weighted by atomic mass is 9.78. The summed E-state index contributed by atoms with van der Waals surface area (Å²) in [6.07, 6.45) is 2.61. The van der Waals surface area contributed by atoms with Crippen LogP contribution >= 0.6 is 0 Å². The van der Waals surface area contributed by atoms with Gasteiger partial charge in [0.25, 0.3) is 0 Å². The minimum atomic E-state index is -0.246. The van der Waals surface area contributed by atoms with Gasteiger partial charge in [-0.05, 0) is 24.7 Å². The van der Waals surface area contributed by atoms with Crippen molar-refractivity contribution < 1.29 is 14.3 Å². The first-order valence-corrected chi connectivity index (χ1v) is 6.93. The fourth-order valence-corrected chi connectivity index (χ4v) is 4.22. The predicted octanol–water partition coefficient (Wildman–Crippen LogP) is 2.36. The fourth-order valence-electron chi connectivity index (χ4n) is 4.22. The van der Waals surface area contributed by atoms with E-state index in [0.29, 0.717) is 29.6 Å². The molecule has 6 atom stereocenters. The van der Waals surface area contributed by atoms with Gasteiger partial charge in [0.2, 0.25) is 0 Å². The Bertz CT molecular complexity index is 425. The Labute approximate surface area is 108 Å². The van der Waals surface area contributed by atoms with Crippen molar-refractivity contribution in [2.45, 2.75) is 39.2 Å². The highest BCUT2D eigenvalue weighted by molar-refractivity contribution is 5.91. The van der Waals surface area contributed by atoms with Crippen LogP contribution in [0.25, 0.3) is 0 Å². The number of hydrogen-bond acceptors (Lipinski definition) is 3. The fraction of sp³-hybridized carbons (Fsp3) is 0.733. The van der Waals surface area contributed by atoms with Gasteiger partial charge in [-0.25, -0.2) is 4.79 Å². The molecule has 3 nitrogen and oxygen atoms in total. The van der Waals surface area contributed by atoms with Crippen LogP contribution in [0.4, 0.5) is 0 Å². The van der Waals surface area contributed by atoms with Gasteiger partial charge in [-0.15, -0.1) is 0 Å². The second kappa shape index (κ2) is 3.94. The van der Waals surface area contributed by atoms with Gasteiger partial charge in [-0.1, -0.05) is 20.4 Å². The van der Waals surface area contributed by atoms with Gasteiger partial charge in [-0.2, -0.15) is 0 Å². The average molecular weight is 248 g/mol. The number of Topliss-reactive ketones (excluding diaryl/α,β-unsaturated/α-hetero) is 1. The molecule has 1 saturated heterocycles. The van der Waals surface area contributed by atoms with E-state index in [1.54, 1.807) is 0 Å². The zero-order valence-electron chi connectivity index (χ0n) is 11.0. The van der Waals surface area contributed by atoms with Crippen molar-refractivity contribution in [3.8, 4) is 0 Å². The van der Waals surface area contributed by atoms with Crippen LogP contribution in [0.1, 0.15) is 33.1 Å². The van der Waals surface area contributed by atoms with Gasteiger partial charge in [0.15, 0.2) is 0 Å². The normalized spacial score (nSPS) is 47.6. The zero-order chi connectivity index (χ0) is 13.0. The van der Waals surface area contributed by atoms with Crippen molar-refractivity contribution in [3.05, 3.63) is 12.2 Å². The van der Waals surface area contributed by atoms with Crippen molar-refractivity contribution in [3.63, 3.8) is 0 Å². The summed E-state index contributed by atoms with van der Waals surface area (Å²) < 4.78 is 5.55. The van der Waals surface area contributed by atoms with Crippen LogP contribution in [0.2, 0.25) is 0 Å². The molecule has 0 aromatic carbocycles. The van der Waals surface area contributed by atoms with Crippen molar-refractivity contribution >= 4 is 11.8 Å². The monoisotopic (exact) mass is 248 g/mol. The van der Waals surface area contributed by atoms with Crippen molar-refractivity contribution in [2.75, 3.05) is 0 Å². The zero-order valence-corrected chi connectivity index (χ0v) is 11.0. The van der Waals surface area contributed by atoms with E-state index in [2.05, 4.69) is 13.5 Å². The predicted molar refractivity (Wildman–Crippen MR) is 66.7 cm³/mol. The van der Waals surface area contributed by atoms with Gasteiger partial charge in [-0.3, -0.25) is 4.79 Å². The summed E-state index contributed by atoms with van der Waals surface area (Å²) in [4.78, 5) is 23.7. The molecule has 6 unspecified atom stereocenters. The van der Waals surface area contributed by atoms with Crippen LogP contribution in [0.3, 0.4) is 0 Å². The van der Waals surface area contributed by atoms with Gasteiger partial charge < -0.3 is 4.74 Å². The second-order valence-corrected chi connectivity index (χ2v) is 6.26. The van der Waals surface area contributed by atoms with Crippen LogP contribution in [0, 0.1) is 29.6 Å². The van der Waals surface area contributed by atoms with E-state index in [4.69, 9.17) is 4.74 Å². The van der Waals surface area contributed by atoms with Crippen LogP contribution < -0.4 is 0 Å². The lowest BCUT2D eigenvalue weighted by Gasteiger charge is -2.29. The first kappa shape index (κ1) is 11.9. The van der Waals surface area contributed by atoms with Crippen molar-refractivity contribution in [1.82, 2.24) is 0 Å². The highest BCUT2D eigenvalue weighted by atomic mass is 16.6. The molecule has 2 aliphatic carbocycles. The maximum Gasteiger partial charge on any atom is 0.334 e. The number of fused-ring (bicyclic) bond motifs is 3. The molecule has 0 radical (unpaired) electrons. The molecule has 1 heterocycles. The standard InChI is InChI=1S/C15H20O3/c1-7-4-5-10-8(2)15(17)18-14(10)13-9(3)12(16)6-11(7)13/h7,9-11,13-14H,2,4-6H2,1,3H3. The third-order valence-corrected chi connectivity index (χ3v) is 5.41. The quantitative estimate of drug-likeness (QED) is 0.488. The molecule has 0 amide bonds. The SMILES string of the molecule is C=C1C(=O)OC2C1CCC(C)C1CC(=O)C(C)C12. The molecule has 0 N–H and O–H groups in total. The summed E-state index contributed by atoms with van der Waals surface area (Å²) in [6, 6.07) is 0. The second-order valence-electron chi connectivity index (χ2n) is 6.26. The van der Waals surface area contributed by atoms with E-state index >= 15 is 0 Å². The minimum absolute atomic E-state index is 0.0294. The van der Waals surface area contributed by atoms with Gasteiger partial charge in [0.05, 0.1) is 0 Å². The molecule has 3 aliphatic rings. The third-order valence-electron chi connectivity index (χ3n) is 5.41. The number of hydrogen-bond donors (Lipinski definition) is 0. The molecule has 98 valence electrons. The van der Waals surface area contributed by atoms with E-state index in [-0.39, 0.29) is 29.8 Å². The number of carbonyl (C=O) groups is 2. The Balaban J connectivity index is 1.98. The van der Waals surface area contributed by atoms with E-state index in [0.717, 1.165) is 12.8 Å². The Morgan fingerprint density at radius 2 is 1.94 bits per heavy atom. The molecule has 3 heteroatoms. The molecule has 0 aromatic heterocycles. The van der Waals surface area contributed by atoms with Crippen molar-refractivity contribution in [1.29, 1.82) is 0 Å². The molecule has 3 fully saturated rings. The van der Waals surface area contributed by atoms with Crippen molar-refractivity contribution in [2.24, 2.45) is 29.6 Å². The van der Waals surface area contributed by atoms with Crippen LogP contribution in [-0.2, 0) is 14.3 Å². The first-order chi connectivity index (χ1) is 8.50. The molecule has 2 saturated carbocycles. The van der Waals surface area contributed by atoms with E-state index < -0.39 is 0 Å². The number of rotatable bonds is 0. The average Bonchev–Trinajstić information content (AvgIpc) is 2.72. The number of carbonyl (C=O) groups excluding carboxylic acids is 2. The Morgan fingerprint density at radius 3 is 2.67 bits per heavy atom. The first-order valence-electron chi connectivity index (χ1n) is 6.93. The third kappa shape index (κ3) is 1.49. The molecule has 18 heavy (non-hydrogen) atoms. The number of esters is 1. The minimum Gasteiger partial charge on any atom is -0.458 e. The molecular formula is C15H20O3. The smallest absolute Gasteiger partial charge is 0.334 e. The molecule has 0 bridgehead atoms. The maximum atomic E-state index is 12.0. The lowest BCUT2D eigenvalue weighted by Crippen LogP contribution is -2.33. The number of ketones is 1. The van der Waals surface area contributed by atoms with Gasteiger partial charge in [0.1, 0.15) is 11.9 Å². The van der Waals surface area contributed by atoms with E-state index in [1.165, 1.54) is 0 Å². The highest BCUT2D eigenvalue weighted by Gasteiger charge is 2.54. The Morgan fingerprint density at radius 1 is 1.22 bits per heavy atom. The Kier molecular flexibility index (Phi) is 2.61. The largest absolute Gasteiger partial charge is 0.458 e.